The van der Waals surface area contributed by atoms with Crippen molar-refractivity contribution < 1.29 is 31.5 Å². The molecule has 20 heavy (non-hydrogen) atoms. The van der Waals surface area contributed by atoms with E-state index in [2.05, 4.69) is 5.32 Å². The van der Waals surface area contributed by atoms with Crippen LogP contribution in [0.4, 0.5) is 22.0 Å². The first-order valence-electron chi connectivity index (χ1n) is 5.64. The Kier molecular flexibility index (Phi) is 3.68. The number of hydrogen-bond donors (Lipinski definition) is 1. The average molecular weight is 295 g/mol. The smallest absolute Gasteiger partial charge is 0.257 e. The minimum Gasteiger partial charge on any atom is -0.380 e. The maximum Gasteiger partial charge on any atom is 0.257 e. The number of rotatable bonds is 3. The highest BCUT2D eigenvalue weighted by Crippen LogP contribution is 2.26. The molecule has 0 atom stereocenters. The summed E-state index contributed by atoms with van der Waals surface area (Å²) < 4.78 is 70.4. The molecule has 1 heterocycles. The van der Waals surface area contributed by atoms with E-state index in [1.807, 2.05) is 0 Å². The van der Waals surface area contributed by atoms with Crippen molar-refractivity contribution in [3.63, 3.8) is 0 Å². The molecule has 1 amide bonds. The maximum atomic E-state index is 13.4. The second kappa shape index (κ2) is 5.01. The first-order valence-corrected chi connectivity index (χ1v) is 5.64. The number of carbonyl (C=O) groups is 1. The highest BCUT2D eigenvalue weighted by Gasteiger charge is 2.35. The SMILES string of the molecule is CC1(CNC(=O)c2c(F)c(F)c(F)c(F)c2F)COC1. The summed E-state index contributed by atoms with van der Waals surface area (Å²) in [5, 5.41) is 2.14. The highest BCUT2D eigenvalue weighted by molar-refractivity contribution is 5.94. The van der Waals surface area contributed by atoms with Crippen LogP contribution in [-0.2, 0) is 4.74 Å². The van der Waals surface area contributed by atoms with Crippen LogP contribution in [-0.4, -0.2) is 25.7 Å². The number of carbonyl (C=O) groups excluding carboxylic acids is 1. The molecule has 3 nitrogen and oxygen atoms in total. The van der Waals surface area contributed by atoms with Crippen LogP contribution in [0, 0.1) is 34.5 Å². The van der Waals surface area contributed by atoms with Crippen LogP contribution in [0.3, 0.4) is 0 Å². The van der Waals surface area contributed by atoms with E-state index >= 15 is 0 Å². The summed E-state index contributed by atoms with van der Waals surface area (Å²) in [7, 11) is 0. The Bertz CT molecular complexity index is 542. The zero-order valence-corrected chi connectivity index (χ0v) is 10.3. The normalized spacial score (nSPS) is 16.7. The van der Waals surface area contributed by atoms with Gasteiger partial charge in [0, 0.05) is 12.0 Å². The molecule has 0 bridgehead atoms. The Labute approximate surface area is 110 Å². The summed E-state index contributed by atoms with van der Waals surface area (Å²) in [4.78, 5) is 11.6. The molecule has 8 heteroatoms. The topological polar surface area (TPSA) is 38.3 Å². The third kappa shape index (κ3) is 2.35. The van der Waals surface area contributed by atoms with E-state index in [1.54, 1.807) is 6.92 Å². The molecule has 0 saturated carbocycles. The fourth-order valence-corrected chi connectivity index (χ4v) is 1.74. The Morgan fingerprint density at radius 3 is 1.90 bits per heavy atom. The van der Waals surface area contributed by atoms with Gasteiger partial charge in [-0.05, 0) is 0 Å². The lowest BCUT2D eigenvalue weighted by Gasteiger charge is -2.38. The minimum atomic E-state index is -2.30. The maximum absolute atomic E-state index is 13.4. The van der Waals surface area contributed by atoms with Crippen LogP contribution in [0.5, 0.6) is 0 Å². The van der Waals surface area contributed by atoms with Gasteiger partial charge in [-0.15, -0.1) is 0 Å². The molecule has 1 aliphatic rings. The van der Waals surface area contributed by atoms with Gasteiger partial charge in [0.2, 0.25) is 5.82 Å². The first kappa shape index (κ1) is 14.7. The van der Waals surface area contributed by atoms with Crippen LogP contribution < -0.4 is 5.32 Å². The van der Waals surface area contributed by atoms with E-state index < -0.39 is 46.0 Å². The first-order chi connectivity index (χ1) is 9.27. The van der Waals surface area contributed by atoms with Crippen LogP contribution >= 0.6 is 0 Å². The van der Waals surface area contributed by atoms with Gasteiger partial charge in [0.25, 0.3) is 5.91 Å². The van der Waals surface area contributed by atoms with Gasteiger partial charge in [-0.25, -0.2) is 22.0 Å². The number of ether oxygens (including phenoxy) is 1. The van der Waals surface area contributed by atoms with Gasteiger partial charge in [0.1, 0.15) is 5.56 Å². The molecular weight excluding hydrogens is 285 g/mol. The molecule has 1 N–H and O–H groups in total. The second-order valence-electron chi connectivity index (χ2n) is 4.93. The van der Waals surface area contributed by atoms with Crippen molar-refractivity contribution >= 4 is 5.91 Å². The predicted octanol–water partition coefficient (Wildman–Crippen LogP) is 2.15. The van der Waals surface area contributed by atoms with Crippen molar-refractivity contribution in [1.29, 1.82) is 0 Å². The summed E-state index contributed by atoms with van der Waals surface area (Å²) in [6, 6.07) is 0. The van der Waals surface area contributed by atoms with Crippen molar-refractivity contribution in [3.05, 3.63) is 34.6 Å². The zero-order chi connectivity index (χ0) is 15.1. The van der Waals surface area contributed by atoms with E-state index in [0.717, 1.165) is 0 Å². The largest absolute Gasteiger partial charge is 0.380 e. The molecule has 1 fully saturated rings. The van der Waals surface area contributed by atoms with Gasteiger partial charge in [-0.3, -0.25) is 4.79 Å². The fourth-order valence-electron chi connectivity index (χ4n) is 1.74. The summed E-state index contributed by atoms with van der Waals surface area (Å²) >= 11 is 0. The summed E-state index contributed by atoms with van der Waals surface area (Å²) in [5.74, 6) is -12.2. The Hall–Kier alpha value is -1.70. The van der Waals surface area contributed by atoms with Gasteiger partial charge in [-0.1, -0.05) is 6.92 Å². The van der Waals surface area contributed by atoms with Gasteiger partial charge in [-0.2, -0.15) is 0 Å². The molecule has 0 aliphatic carbocycles. The van der Waals surface area contributed by atoms with Crippen molar-refractivity contribution in [1.82, 2.24) is 5.32 Å². The van der Waals surface area contributed by atoms with E-state index in [0.29, 0.717) is 13.2 Å². The lowest BCUT2D eigenvalue weighted by atomic mass is 9.88. The Morgan fingerprint density at radius 2 is 1.50 bits per heavy atom. The third-order valence-corrected chi connectivity index (χ3v) is 3.01. The summed E-state index contributed by atoms with van der Waals surface area (Å²) in [6.07, 6.45) is 0. The number of amides is 1. The monoisotopic (exact) mass is 295 g/mol. The molecule has 0 spiro atoms. The van der Waals surface area contributed by atoms with Gasteiger partial charge < -0.3 is 10.1 Å². The van der Waals surface area contributed by atoms with Crippen LogP contribution in [0.25, 0.3) is 0 Å². The molecule has 0 radical (unpaired) electrons. The van der Waals surface area contributed by atoms with E-state index in [4.69, 9.17) is 4.74 Å². The second-order valence-corrected chi connectivity index (χ2v) is 4.93. The molecule has 0 aromatic heterocycles. The fraction of sp³-hybridized carbons (Fsp3) is 0.417. The van der Waals surface area contributed by atoms with Gasteiger partial charge >= 0.3 is 0 Å². The van der Waals surface area contributed by atoms with E-state index in [-0.39, 0.29) is 6.54 Å². The van der Waals surface area contributed by atoms with Crippen molar-refractivity contribution in [2.45, 2.75) is 6.92 Å². The van der Waals surface area contributed by atoms with Gasteiger partial charge in [0.05, 0.1) is 13.2 Å². The summed E-state index contributed by atoms with van der Waals surface area (Å²) in [6.45, 7) is 2.43. The van der Waals surface area contributed by atoms with E-state index in [9.17, 15) is 26.7 Å². The average Bonchev–Trinajstić information content (AvgIpc) is 2.38. The van der Waals surface area contributed by atoms with E-state index in [1.165, 1.54) is 0 Å². The molecule has 1 aliphatic heterocycles. The zero-order valence-electron chi connectivity index (χ0n) is 10.3. The summed E-state index contributed by atoms with van der Waals surface area (Å²) in [5.41, 5.74) is -1.88. The van der Waals surface area contributed by atoms with Crippen LogP contribution in [0.1, 0.15) is 17.3 Å². The van der Waals surface area contributed by atoms with Crippen molar-refractivity contribution in [3.8, 4) is 0 Å². The third-order valence-electron chi connectivity index (χ3n) is 3.01. The Balaban J connectivity index is 2.26. The van der Waals surface area contributed by atoms with Crippen molar-refractivity contribution in [2.75, 3.05) is 19.8 Å². The van der Waals surface area contributed by atoms with Crippen molar-refractivity contribution in [2.24, 2.45) is 5.41 Å². The van der Waals surface area contributed by atoms with Gasteiger partial charge in [0.15, 0.2) is 23.3 Å². The lowest BCUT2D eigenvalue weighted by Crippen LogP contribution is -2.48. The molecule has 1 aromatic rings. The standard InChI is InChI=1S/C12H10F5NO2/c1-12(3-20-4-12)2-18-11(19)5-6(13)8(15)10(17)9(16)7(5)14/h2-4H2,1H3,(H,18,19). The van der Waals surface area contributed by atoms with Crippen LogP contribution in [0.2, 0.25) is 0 Å². The lowest BCUT2D eigenvalue weighted by molar-refractivity contribution is -0.0978. The molecule has 1 saturated heterocycles. The predicted molar refractivity (Wildman–Crippen MR) is 57.5 cm³/mol. The molecule has 0 unspecified atom stereocenters. The Morgan fingerprint density at radius 1 is 1.05 bits per heavy atom. The number of nitrogens with one attached hydrogen (secondary N) is 1. The minimum absolute atomic E-state index is 0.00529. The molecule has 1 aromatic carbocycles. The highest BCUT2D eigenvalue weighted by atomic mass is 19.2. The quantitative estimate of drug-likeness (QED) is 0.527. The molecule has 110 valence electrons. The molecule has 2 rings (SSSR count). The number of hydrogen-bond acceptors (Lipinski definition) is 2. The van der Waals surface area contributed by atoms with Crippen LogP contribution in [0.15, 0.2) is 0 Å². The molecular formula is C12H10F5NO2. The number of halogens is 5. The number of benzene rings is 1.